The molecule has 7 heteroatoms. The van der Waals surface area contributed by atoms with Gasteiger partial charge in [0.1, 0.15) is 5.82 Å². The topological polar surface area (TPSA) is 88.2 Å². The van der Waals surface area contributed by atoms with Crippen LogP contribution in [0, 0.1) is 0 Å². The Kier molecular flexibility index (Phi) is 5.03. The highest BCUT2D eigenvalue weighted by molar-refractivity contribution is 7.91. The number of aromatic nitrogens is 1. The first-order valence-electron chi connectivity index (χ1n) is 8.22. The van der Waals surface area contributed by atoms with Gasteiger partial charge < -0.3 is 10.6 Å². The summed E-state index contributed by atoms with van der Waals surface area (Å²) in [5, 5.41) is 6.04. The van der Waals surface area contributed by atoms with E-state index in [0.29, 0.717) is 17.8 Å². The maximum Gasteiger partial charge on any atom is 0.253 e. The van der Waals surface area contributed by atoms with Crippen LogP contribution in [-0.4, -0.2) is 36.9 Å². The highest BCUT2D eigenvalue weighted by Crippen LogP contribution is 2.18. The fraction of sp³-hybridized carbons (Fsp3) is 0.333. The molecule has 1 aliphatic heterocycles. The minimum Gasteiger partial charge on any atom is -0.364 e. The predicted octanol–water partition coefficient (Wildman–Crippen LogP) is 2.17. The molecule has 2 N–H and O–H groups in total. The largest absolute Gasteiger partial charge is 0.364 e. The molecular weight excluding hydrogens is 338 g/mol. The summed E-state index contributed by atoms with van der Waals surface area (Å²) in [6.45, 7) is 2.04. The Labute approximate surface area is 147 Å². The van der Waals surface area contributed by atoms with Crippen LogP contribution in [-0.2, 0) is 9.84 Å². The van der Waals surface area contributed by atoms with Gasteiger partial charge in [-0.2, -0.15) is 0 Å². The normalized spacial score (nSPS) is 20.0. The highest BCUT2D eigenvalue weighted by Gasteiger charge is 2.29. The second-order valence-corrected chi connectivity index (χ2v) is 8.51. The molecule has 0 radical (unpaired) electrons. The quantitative estimate of drug-likeness (QED) is 0.854. The summed E-state index contributed by atoms with van der Waals surface area (Å²) < 4.78 is 22.9. The molecule has 6 nitrogen and oxygen atoms in total. The number of anilines is 1. The molecule has 0 spiro atoms. The first kappa shape index (κ1) is 17.4. The maximum atomic E-state index is 12.2. The van der Waals surface area contributed by atoms with Crippen molar-refractivity contribution in [1.29, 1.82) is 0 Å². The van der Waals surface area contributed by atoms with Gasteiger partial charge in [0, 0.05) is 18.3 Å². The van der Waals surface area contributed by atoms with E-state index in [-0.39, 0.29) is 29.5 Å². The van der Waals surface area contributed by atoms with E-state index in [2.05, 4.69) is 15.6 Å². The third-order valence-electron chi connectivity index (χ3n) is 4.26. The lowest BCUT2D eigenvalue weighted by Crippen LogP contribution is -2.35. The first-order chi connectivity index (χ1) is 11.9. The van der Waals surface area contributed by atoms with Crippen molar-refractivity contribution >= 4 is 21.6 Å². The lowest BCUT2D eigenvalue weighted by atomic mass is 10.1. The monoisotopic (exact) mass is 359 g/mol. The summed E-state index contributed by atoms with van der Waals surface area (Å²) in [7, 11) is -3.01. The Morgan fingerprint density at radius 3 is 2.56 bits per heavy atom. The fourth-order valence-corrected chi connectivity index (χ4v) is 4.51. The van der Waals surface area contributed by atoms with E-state index in [4.69, 9.17) is 0 Å². The Morgan fingerprint density at radius 2 is 1.96 bits per heavy atom. The molecule has 1 aliphatic rings. The minimum absolute atomic E-state index is 0.0143. The van der Waals surface area contributed by atoms with Crippen molar-refractivity contribution in [3.8, 4) is 0 Å². The molecule has 0 saturated carbocycles. The van der Waals surface area contributed by atoms with Crippen molar-refractivity contribution < 1.29 is 13.2 Å². The number of sulfone groups is 1. The Balaban J connectivity index is 1.59. The number of carbonyl (C=O) groups excluding carboxylic acids is 1. The zero-order valence-corrected chi connectivity index (χ0v) is 14.8. The van der Waals surface area contributed by atoms with Gasteiger partial charge in [-0.25, -0.2) is 13.4 Å². The number of carbonyl (C=O) groups is 1. The van der Waals surface area contributed by atoms with E-state index in [1.165, 1.54) is 6.20 Å². The Bertz CT molecular complexity index is 836. The zero-order chi connectivity index (χ0) is 17.9. The second kappa shape index (κ2) is 7.23. The van der Waals surface area contributed by atoms with Gasteiger partial charge in [0.25, 0.3) is 5.91 Å². The standard InChI is InChI=1S/C18H21N3O3S/c1-13(14-5-3-2-4-6-14)20-17-8-7-15(11-19-17)18(22)21-16-9-10-25(23,24)12-16/h2-8,11,13,16H,9-10,12H2,1H3,(H,19,20)(H,21,22). The van der Waals surface area contributed by atoms with Gasteiger partial charge >= 0.3 is 0 Å². The number of rotatable bonds is 5. The van der Waals surface area contributed by atoms with Gasteiger partial charge in [-0.1, -0.05) is 30.3 Å². The minimum atomic E-state index is -3.01. The molecule has 0 aliphatic carbocycles. The van der Waals surface area contributed by atoms with Crippen LogP contribution in [0.2, 0.25) is 0 Å². The molecule has 1 amide bonds. The number of nitrogens with zero attached hydrogens (tertiary/aromatic N) is 1. The Morgan fingerprint density at radius 1 is 1.20 bits per heavy atom. The van der Waals surface area contributed by atoms with Crippen LogP contribution in [0.25, 0.3) is 0 Å². The van der Waals surface area contributed by atoms with Gasteiger partial charge in [0.2, 0.25) is 0 Å². The van der Waals surface area contributed by atoms with Crippen molar-refractivity contribution in [2.75, 3.05) is 16.8 Å². The maximum absolute atomic E-state index is 12.2. The third-order valence-corrected chi connectivity index (χ3v) is 6.03. The van der Waals surface area contributed by atoms with E-state index >= 15 is 0 Å². The molecule has 2 atom stereocenters. The fourth-order valence-electron chi connectivity index (χ4n) is 2.84. The van der Waals surface area contributed by atoms with Crippen LogP contribution >= 0.6 is 0 Å². The average molecular weight is 359 g/mol. The van der Waals surface area contributed by atoms with Crippen LogP contribution in [0.15, 0.2) is 48.7 Å². The average Bonchev–Trinajstić information content (AvgIpc) is 2.94. The molecule has 3 rings (SSSR count). The lowest BCUT2D eigenvalue weighted by molar-refractivity contribution is 0.0941. The molecule has 2 heterocycles. The van der Waals surface area contributed by atoms with Crippen molar-refractivity contribution in [2.45, 2.75) is 25.4 Å². The molecule has 1 saturated heterocycles. The van der Waals surface area contributed by atoms with Crippen LogP contribution in [0.3, 0.4) is 0 Å². The first-order valence-corrected chi connectivity index (χ1v) is 10.0. The number of nitrogens with one attached hydrogen (secondary N) is 2. The SMILES string of the molecule is CC(Nc1ccc(C(=O)NC2CCS(=O)(=O)C2)cn1)c1ccccc1. The van der Waals surface area contributed by atoms with Gasteiger partial charge in [-0.3, -0.25) is 4.79 Å². The number of hydrogen-bond acceptors (Lipinski definition) is 5. The molecule has 2 aromatic rings. The molecule has 132 valence electrons. The van der Waals surface area contributed by atoms with E-state index in [1.807, 2.05) is 37.3 Å². The summed E-state index contributed by atoms with van der Waals surface area (Å²) in [4.78, 5) is 16.5. The van der Waals surface area contributed by atoms with Crippen LogP contribution < -0.4 is 10.6 Å². The van der Waals surface area contributed by atoms with E-state index < -0.39 is 9.84 Å². The summed E-state index contributed by atoms with van der Waals surface area (Å²) in [6.07, 6.45) is 1.97. The highest BCUT2D eigenvalue weighted by atomic mass is 32.2. The number of amides is 1. The molecule has 0 bridgehead atoms. The smallest absolute Gasteiger partial charge is 0.253 e. The van der Waals surface area contributed by atoms with Crippen molar-refractivity contribution in [1.82, 2.24) is 10.3 Å². The van der Waals surface area contributed by atoms with Crippen LogP contribution in [0.4, 0.5) is 5.82 Å². The summed E-state index contributed by atoms with van der Waals surface area (Å²) in [5.41, 5.74) is 1.57. The summed E-state index contributed by atoms with van der Waals surface area (Å²) in [6, 6.07) is 13.2. The summed E-state index contributed by atoms with van der Waals surface area (Å²) >= 11 is 0. The van der Waals surface area contributed by atoms with Gasteiger partial charge in [0.05, 0.1) is 17.1 Å². The van der Waals surface area contributed by atoms with Gasteiger partial charge in [-0.15, -0.1) is 0 Å². The molecule has 1 fully saturated rings. The van der Waals surface area contributed by atoms with E-state index in [1.54, 1.807) is 12.1 Å². The molecule has 1 aromatic carbocycles. The third kappa shape index (κ3) is 4.57. The number of benzene rings is 1. The van der Waals surface area contributed by atoms with Crippen molar-refractivity contribution in [3.63, 3.8) is 0 Å². The molecule has 2 unspecified atom stereocenters. The van der Waals surface area contributed by atoms with Gasteiger partial charge in [0.15, 0.2) is 9.84 Å². The zero-order valence-electron chi connectivity index (χ0n) is 14.0. The molecule has 1 aromatic heterocycles. The second-order valence-electron chi connectivity index (χ2n) is 6.28. The predicted molar refractivity (Wildman–Crippen MR) is 97.2 cm³/mol. The number of hydrogen-bond donors (Lipinski definition) is 2. The van der Waals surface area contributed by atoms with Crippen molar-refractivity contribution in [2.24, 2.45) is 0 Å². The van der Waals surface area contributed by atoms with Crippen LogP contribution in [0.1, 0.15) is 35.3 Å². The molecule has 25 heavy (non-hydrogen) atoms. The Hall–Kier alpha value is -2.41. The van der Waals surface area contributed by atoms with Crippen molar-refractivity contribution in [3.05, 3.63) is 59.8 Å². The van der Waals surface area contributed by atoms with E-state index in [0.717, 1.165) is 5.56 Å². The van der Waals surface area contributed by atoms with Crippen LogP contribution in [0.5, 0.6) is 0 Å². The molecular formula is C18H21N3O3S. The van der Waals surface area contributed by atoms with E-state index in [9.17, 15) is 13.2 Å². The van der Waals surface area contributed by atoms with Gasteiger partial charge in [-0.05, 0) is 31.0 Å². The summed E-state index contributed by atoms with van der Waals surface area (Å²) in [5.74, 6) is 0.533. The lowest BCUT2D eigenvalue weighted by Gasteiger charge is -2.15. The number of pyridine rings is 1.